The molecule has 4 nitrogen and oxygen atoms in total. The van der Waals surface area contributed by atoms with Crippen LogP contribution in [0, 0.1) is 13.8 Å². The van der Waals surface area contributed by atoms with Crippen LogP contribution in [0.5, 0.6) is 5.75 Å². The number of carbonyl (C=O) groups is 1. The van der Waals surface area contributed by atoms with Gasteiger partial charge in [0.05, 0.1) is 13.5 Å². The molecule has 0 fully saturated rings. The molecule has 1 N–H and O–H groups in total. The number of nitrogens with zero attached hydrogens (tertiary/aromatic N) is 1. The van der Waals surface area contributed by atoms with Crippen LogP contribution in [0.2, 0.25) is 0 Å². The van der Waals surface area contributed by atoms with E-state index in [0.717, 1.165) is 29.0 Å². The highest BCUT2D eigenvalue weighted by Crippen LogP contribution is 2.24. The molecule has 0 aromatic heterocycles. The van der Waals surface area contributed by atoms with Gasteiger partial charge in [-0.3, -0.25) is 4.79 Å². The second-order valence-corrected chi connectivity index (χ2v) is 5.09. The largest absolute Gasteiger partial charge is 0.496 e. The molecular formula is C15H24N2O2. The smallest absolute Gasteiger partial charge is 0.224 e. The minimum Gasteiger partial charge on any atom is -0.496 e. The van der Waals surface area contributed by atoms with Gasteiger partial charge >= 0.3 is 0 Å². The molecule has 0 atom stereocenters. The van der Waals surface area contributed by atoms with Crippen LogP contribution in [0.4, 0.5) is 0 Å². The van der Waals surface area contributed by atoms with Crippen LogP contribution in [-0.2, 0) is 11.2 Å². The first-order valence-corrected chi connectivity index (χ1v) is 6.49. The number of methoxy groups -OCH3 is 1. The molecule has 1 amide bonds. The third-order valence-corrected chi connectivity index (χ3v) is 3.01. The Hall–Kier alpha value is -1.55. The van der Waals surface area contributed by atoms with Crippen molar-refractivity contribution in [3.63, 3.8) is 0 Å². The van der Waals surface area contributed by atoms with Gasteiger partial charge in [0.1, 0.15) is 5.75 Å². The average Bonchev–Trinajstić information content (AvgIpc) is 2.31. The number of rotatable bonds is 6. The predicted molar refractivity (Wildman–Crippen MR) is 77.7 cm³/mol. The highest BCUT2D eigenvalue weighted by Gasteiger charge is 2.12. The van der Waals surface area contributed by atoms with Crippen LogP contribution >= 0.6 is 0 Å². The van der Waals surface area contributed by atoms with Crippen LogP contribution in [0.3, 0.4) is 0 Å². The molecule has 0 unspecified atom stereocenters. The zero-order valence-corrected chi connectivity index (χ0v) is 12.5. The minimum absolute atomic E-state index is 0.0344. The van der Waals surface area contributed by atoms with Crippen LogP contribution in [0.1, 0.15) is 16.7 Å². The van der Waals surface area contributed by atoms with E-state index in [2.05, 4.69) is 11.4 Å². The first-order valence-electron chi connectivity index (χ1n) is 6.49. The molecule has 1 aromatic carbocycles. The SMILES string of the molecule is COc1cc(C)cc(C)c1CC(=O)NCCN(C)C. The van der Waals surface area contributed by atoms with E-state index in [1.54, 1.807) is 7.11 Å². The van der Waals surface area contributed by atoms with Gasteiger partial charge in [-0.05, 0) is 45.1 Å². The zero-order chi connectivity index (χ0) is 14.4. The molecular weight excluding hydrogens is 240 g/mol. The number of aryl methyl sites for hydroxylation is 2. The number of ether oxygens (including phenoxy) is 1. The van der Waals surface area contributed by atoms with E-state index < -0.39 is 0 Å². The number of hydrogen-bond acceptors (Lipinski definition) is 3. The monoisotopic (exact) mass is 264 g/mol. The Balaban J connectivity index is 2.68. The second kappa shape index (κ2) is 7.14. The summed E-state index contributed by atoms with van der Waals surface area (Å²) in [5.74, 6) is 0.826. The number of carbonyl (C=O) groups excluding carboxylic acids is 1. The fourth-order valence-corrected chi connectivity index (χ4v) is 2.01. The molecule has 1 rings (SSSR count). The Bertz CT molecular complexity index is 442. The van der Waals surface area contributed by atoms with Crippen LogP contribution < -0.4 is 10.1 Å². The van der Waals surface area contributed by atoms with Crippen LogP contribution in [0.25, 0.3) is 0 Å². The van der Waals surface area contributed by atoms with Gasteiger partial charge in [0.15, 0.2) is 0 Å². The van der Waals surface area contributed by atoms with Crippen molar-refractivity contribution in [1.82, 2.24) is 10.2 Å². The maximum Gasteiger partial charge on any atom is 0.224 e. The quantitative estimate of drug-likeness (QED) is 0.847. The summed E-state index contributed by atoms with van der Waals surface area (Å²) in [5, 5.41) is 2.92. The highest BCUT2D eigenvalue weighted by atomic mass is 16.5. The molecule has 0 spiro atoms. The van der Waals surface area contributed by atoms with E-state index in [9.17, 15) is 4.79 Å². The molecule has 0 aliphatic heterocycles. The number of benzene rings is 1. The third kappa shape index (κ3) is 4.91. The summed E-state index contributed by atoms with van der Waals surface area (Å²) >= 11 is 0. The van der Waals surface area contributed by atoms with E-state index in [0.29, 0.717) is 13.0 Å². The van der Waals surface area contributed by atoms with Crippen LogP contribution in [-0.4, -0.2) is 45.1 Å². The van der Waals surface area contributed by atoms with Crippen molar-refractivity contribution in [2.24, 2.45) is 0 Å². The maximum atomic E-state index is 11.9. The lowest BCUT2D eigenvalue weighted by Gasteiger charge is -2.14. The van der Waals surface area contributed by atoms with E-state index in [-0.39, 0.29) is 5.91 Å². The predicted octanol–water partition coefficient (Wildman–Crippen LogP) is 1.53. The standard InChI is InChI=1S/C15H24N2O2/c1-11-8-12(2)13(14(9-11)19-5)10-15(18)16-6-7-17(3)4/h8-9H,6-7,10H2,1-5H3,(H,16,18). The summed E-state index contributed by atoms with van der Waals surface area (Å²) in [6, 6.07) is 4.04. The first-order chi connectivity index (χ1) is 8.93. The molecule has 0 radical (unpaired) electrons. The number of likely N-dealkylation sites (N-methyl/N-ethyl adjacent to an activating group) is 1. The maximum absolute atomic E-state index is 11.9. The van der Waals surface area contributed by atoms with E-state index >= 15 is 0 Å². The van der Waals surface area contributed by atoms with Gasteiger partial charge in [0.25, 0.3) is 0 Å². The molecule has 1 aromatic rings. The van der Waals surface area contributed by atoms with Gasteiger partial charge in [0.2, 0.25) is 5.91 Å². The number of amides is 1. The van der Waals surface area contributed by atoms with Gasteiger partial charge < -0.3 is 15.0 Å². The Morgan fingerprint density at radius 1 is 1.32 bits per heavy atom. The van der Waals surface area contributed by atoms with Gasteiger partial charge in [-0.1, -0.05) is 6.07 Å². The summed E-state index contributed by atoms with van der Waals surface area (Å²) in [6.45, 7) is 5.54. The average molecular weight is 264 g/mol. The van der Waals surface area contributed by atoms with Crippen molar-refractivity contribution in [1.29, 1.82) is 0 Å². The number of nitrogens with one attached hydrogen (secondary N) is 1. The van der Waals surface area contributed by atoms with E-state index in [1.807, 2.05) is 38.9 Å². The summed E-state index contributed by atoms with van der Waals surface area (Å²) in [4.78, 5) is 14.0. The highest BCUT2D eigenvalue weighted by molar-refractivity contribution is 5.79. The van der Waals surface area contributed by atoms with Crippen molar-refractivity contribution in [2.75, 3.05) is 34.3 Å². The van der Waals surface area contributed by atoms with Crippen LogP contribution in [0.15, 0.2) is 12.1 Å². The molecule has 0 aliphatic carbocycles. The molecule has 19 heavy (non-hydrogen) atoms. The lowest BCUT2D eigenvalue weighted by Crippen LogP contribution is -2.32. The molecule has 106 valence electrons. The summed E-state index contributed by atoms with van der Waals surface area (Å²) in [6.07, 6.45) is 0.364. The summed E-state index contributed by atoms with van der Waals surface area (Å²) in [7, 11) is 5.61. The zero-order valence-electron chi connectivity index (χ0n) is 12.5. The molecule has 0 bridgehead atoms. The number of hydrogen-bond donors (Lipinski definition) is 1. The fraction of sp³-hybridized carbons (Fsp3) is 0.533. The molecule has 0 aliphatic rings. The van der Waals surface area contributed by atoms with E-state index in [1.165, 1.54) is 0 Å². The minimum atomic E-state index is 0.0344. The van der Waals surface area contributed by atoms with Gasteiger partial charge in [0, 0.05) is 18.7 Å². The normalized spacial score (nSPS) is 10.6. The Morgan fingerprint density at radius 3 is 2.58 bits per heavy atom. The van der Waals surface area contributed by atoms with Crippen molar-refractivity contribution < 1.29 is 9.53 Å². The third-order valence-electron chi connectivity index (χ3n) is 3.01. The first kappa shape index (κ1) is 15.5. The second-order valence-electron chi connectivity index (χ2n) is 5.09. The van der Waals surface area contributed by atoms with Gasteiger partial charge in [-0.15, -0.1) is 0 Å². The Morgan fingerprint density at radius 2 is 2.00 bits per heavy atom. The fourth-order valence-electron chi connectivity index (χ4n) is 2.01. The lowest BCUT2D eigenvalue weighted by molar-refractivity contribution is -0.120. The Labute approximate surface area is 115 Å². The van der Waals surface area contributed by atoms with E-state index in [4.69, 9.17) is 4.74 Å². The lowest BCUT2D eigenvalue weighted by atomic mass is 10.0. The summed E-state index contributed by atoms with van der Waals surface area (Å²) in [5.41, 5.74) is 3.21. The Kier molecular flexibility index (Phi) is 5.83. The van der Waals surface area contributed by atoms with Gasteiger partial charge in [-0.25, -0.2) is 0 Å². The molecule has 4 heteroatoms. The molecule has 0 heterocycles. The van der Waals surface area contributed by atoms with Gasteiger partial charge in [-0.2, -0.15) is 0 Å². The molecule has 0 saturated heterocycles. The van der Waals surface area contributed by atoms with Crippen molar-refractivity contribution in [2.45, 2.75) is 20.3 Å². The van der Waals surface area contributed by atoms with Crippen molar-refractivity contribution in [3.8, 4) is 5.75 Å². The summed E-state index contributed by atoms with van der Waals surface area (Å²) < 4.78 is 5.36. The van der Waals surface area contributed by atoms with Crippen molar-refractivity contribution >= 4 is 5.91 Å². The topological polar surface area (TPSA) is 41.6 Å². The molecule has 0 saturated carbocycles. The van der Waals surface area contributed by atoms with Crippen molar-refractivity contribution in [3.05, 3.63) is 28.8 Å².